The van der Waals surface area contributed by atoms with E-state index < -0.39 is 0 Å². The van der Waals surface area contributed by atoms with Gasteiger partial charge in [0.1, 0.15) is 0 Å². The van der Waals surface area contributed by atoms with E-state index in [9.17, 15) is 4.79 Å². The standard InChI is InChI=1S/C16H13BrN4OS2/c1-10-6-7-18-15(19-10)24-9-14(22)21-16-20-13(8-23-16)11-2-4-12(17)5-3-11/h2-8H,9H2,1H3,(H,20,21,22). The van der Waals surface area contributed by atoms with Crippen LogP contribution in [-0.4, -0.2) is 26.6 Å². The predicted molar refractivity (Wildman–Crippen MR) is 101 cm³/mol. The molecule has 2 aromatic heterocycles. The van der Waals surface area contributed by atoms with E-state index in [4.69, 9.17) is 0 Å². The molecular formula is C16H13BrN4OS2. The van der Waals surface area contributed by atoms with Gasteiger partial charge in [-0.25, -0.2) is 15.0 Å². The molecule has 0 atom stereocenters. The van der Waals surface area contributed by atoms with Crippen molar-refractivity contribution >= 4 is 50.1 Å². The molecule has 3 aromatic rings. The van der Waals surface area contributed by atoms with Gasteiger partial charge in [0, 0.05) is 27.3 Å². The monoisotopic (exact) mass is 420 g/mol. The van der Waals surface area contributed by atoms with E-state index in [1.807, 2.05) is 42.6 Å². The van der Waals surface area contributed by atoms with Crippen LogP contribution < -0.4 is 5.32 Å². The van der Waals surface area contributed by atoms with Crippen LogP contribution in [0.4, 0.5) is 5.13 Å². The summed E-state index contributed by atoms with van der Waals surface area (Å²) >= 11 is 6.12. The summed E-state index contributed by atoms with van der Waals surface area (Å²) in [5.74, 6) is 0.123. The maximum atomic E-state index is 12.0. The Bertz CT molecular complexity index is 851. The molecule has 0 spiro atoms. The van der Waals surface area contributed by atoms with Crippen LogP contribution >= 0.6 is 39.0 Å². The Kier molecular flexibility index (Phi) is 5.60. The van der Waals surface area contributed by atoms with Crippen LogP contribution in [0.15, 0.2) is 51.5 Å². The highest BCUT2D eigenvalue weighted by Gasteiger charge is 2.09. The number of hydrogen-bond donors (Lipinski definition) is 1. The largest absolute Gasteiger partial charge is 0.301 e. The molecule has 0 aliphatic heterocycles. The van der Waals surface area contributed by atoms with E-state index in [1.165, 1.54) is 23.1 Å². The van der Waals surface area contributed by atoms with Crippen molar-refractivity contribution in [1.82, 2.24) is 15.0 Å². The second-order valence-electron chi connectivity index (χ2n) is 4.86. The molecule has 5 nitrogen and oxygen atoms in total. The first-order valence-electron chi connectivity index (χ1n) is 7.04. The van der Waals surface area contributed by atoms with Gasteiger partial charge in [0.15, 0.2) is 10.3 Å². The molecule has 122 valence electrons. The Labute approximate surface area is 156 Å². The molecule has 1 N–H and O–H groups in total. The van der Waals surface area contributed by atoms with Crippen LogP contribution in [0.2, 0.25) is 0 Å². The number of thiazole rings is 1. The lowest BCUT2D eigenvalue weighted by atomic mass is 10.2. The first kappa shape index (κ1) is 17.1. The van der Waals surface area contributed by atoms with Crippen molar-refractivity contribution in [3.63, 3.8) is 0 Å². The Morgan fingerprint density at radius 3 is 2.79 bits per heavy atom. The Morgan fingerprint density at radius 1 is 1.25 bits per heavy atom. The summed E-state index contributed by atoms with van der Waals surface area (Å²) in [5.41, 5.74) is 2.74. The summed E-state index contributed by atoms with van der Waals surface area (Å²) in [6, 6.07) is 9.71. The highest BCUT2D eigenvalue weighted by atomic mass is 79.9. The van der Waals surface area contributed by atoms with Gasteiger partial charge in [-0.2, -0.15) is 0 Å². The van der Waals surface area contributed by atoms with E-state index >= 15 is 0 Å². The van der Waals surface area contributed by atoms with Crippen LogP contribution in [0.25, 0.3) is 11.3 Å². The number of amides is 1. The second-order valence-corrected chi connectivity index (χ2v) is 7.58. The molecule has 1 aromatic carbocycles. The summed E-state index contributed by atoms with van der Waals surface area (Å²) in [6.07, 6.45) is 1.69. The number of rotatable bonds is 5. The molecule has 0 aliphatic carbocycles. The number of halogens is 1. The van der Waals surface area contributed by atoms with Gasteiger partial charge in [-0.05, 0) is 25.1 Å². The first-order valence-corrected chi connectivity index (χ1v) is 9.70. The van der Waals surface area contributed by atoms with E-state index in [0.717, 1.165) is 21.4 Å². The van der Waals surface area contributed by atoms with Gasteiger partial charge >= 0.3 is 0 Å². The van der Waals surface area contributed by atoms with Crippen LogP contribution in [0, 0.1) is 6.92 Å². The van der Waals surface area contributed by atoms with Crippen molar-refractivity contribution in [3.05, 3.63) is 52.1 Å². The van der Waals surface area contributed by atoms with Crippen molar-refractivity contribution in [1.29, 1.82) is 0 Å². The lowest BCUT2D eigenvalue weighted by Crippen LogP contribution is -2.14. The van der Waals surface area contributed by atoms with Crippen molar-refractivity contribution in [2.75, 3.05) is 11.1 Å². The molecule has 1 amide bonds. The zero-order valence-corrected chi connectivity index (χ0v) is 15.9. The lowest BCUT2D eigenvalue weighted by molar-refractivity contribution is -0.113. The van der Waals surface area contributed by atoms with Crippen LogP contribution in [-0.2, 0) is 4.79 Å². The smallest absolute Gasteiger partial charge is 0.236 e. The molecule has 0 aliphatic rings. The van der Waals surface area contributed by atoms with Gasteiger partial charge in [-0.1, -0.05) is 39.8 Å². The fraction of sp³-hybridized carbons (Fsp3) is 0.125. The lowest BCUT2D eigenvalue weighted by Gasteiger charge is -2.01. The number of thioether (sulfide) groups is 1. The minimum atomic E-state index is -0.123. The van der Waals surface area contributed by atoms with E-state index in [-0.39, 0.29) is 11.7 Å². The molecule has 8 heteroatoms. The average Bonchev–Trinajstić information content (AvgIpc) is 3.02. The van der Waals surface area contributed by atoms with Crippen molar-refractivity contribution < 1.29 is 4.79 Å². The fourth-order valence-electron chi connectivity index (χ4n) is 1.87. The Morgan fingerprint density at radius 2 is 2.04 bits per heavy atom. The number of benzene rings is 1. The number of anilines is 1. The first-order chi connectivity index (χ1) is 11.6. The highest BCUT2D eigenvalue weighted by molar-refractivity contribution is 9.10. The number of nitrogens with zero attached hydrogens (tertiary/aromatic N) is 3. The molecule has 0 saturated carbocycles. The van der Waals surface area contributed by atoms with Gasteiger partial charge in [-0.3, -0.25) is 4.79 Å². The molecule has 24 heavy (non-hydrogen) atoms. The van der Waals surface area contributed by atoms with Crippen molar-refractivity contribution in [3.8, 4) is 11.3 Å². The summed E-state index contributed by atoms with van der Waals surface area (Å²) in [4.78, 5) is 24.9. The van der Waals surface area contributed by atoms with Gasteiger partial charge in [0.2, 0.25) is 5.91 Å². The topological polar surface area (TPSA) is 67.8 Å². The maximum Gasteiger partial charge on any atom is 0.236 e. The normalized spacial score (nSPS) is 10.6. The number of aryl methyl sites for hydroxylation is 1. The second kappa shape index (κ2) is 7.87. The van der Waals surface area contributed by atoms with Crippen molar-refractivity contribution in [2.24, 2.45) is 0 Å². The SMILES string of the molecule is Cc1ccnc(SCC(=O)Nc2nc(-c3ccc(Br)cc3)cs2)n1. The summed E-state index contributed by atoms with van der Waals surface area (Å²) in [7, 11) is 0. The van der Waals surface area contributed by atoms with Gasteiger partial charge in [-0.15, -0.1) is 11.3 Å². The number of nitrogens with one attached hydrogen (secondary N) is 1. The number of carbonyl (C=O) groups is 1. The van der Waals surface area contributed by atoms with Gasteiger partial charge in [0.25, 0.3) is 0 Å². The highest BCUT2D eigenvalue weighted by Crippen LogP contribution is 2.26. The third kappa shape index (κ3) is 4.62. The molecular weight excluding hydrogens is 408 g/mol. The van der Waals surface area contributed by atoms with E-state index in [1.54, 1.807) is 6.20 Å². The Balaban J connectivity index is 1.58. The van der Waals surface area contributed by atoms with Crippen LogP contribution in [0.5, 0.6) is 0 Å². The zero-order chi connectivity index (χ0) is 16.9. The minimum absolute atomic E-state index is 0.123. The quantitative estimate of drug-likeness (QED) is 0.489. The number of hydrogen-bond acceptors (Lipinski definition) is 6. The molecule has 0 radical (unpaired) electrons. The zero-order valence-electron chi connectivity index (χ0n) is 12.7. The molecule has 0 saturated heterocycles. The molecule has 2 heterocycles. The van der Waals surface area contributed by atoms with E-state index in [0.29, 0.717) is 10.3 Å². The molecule has 3 rings (SSSR count). The number of aromatic nitrogens is 3. The maximum absolute atomic E-state index is 12.0. The summed E-state index contributed by atoms with van der Waals surface area (Å²) in [6.45, 7) is 1.89. The van der Waals surface area contributed by atoms with Gasteiger partial charge in [0.05, 0.1) is 11.4 Å². The third-order valence-electron chi connectivity index (χ3n) is 3.00. The third-order valence-corrected chi connectivity index (χ3v) is 5.14. The molecule has 0 unspecified atom stereocenters. The minimum Gasteiger partial charge on any atom is -0.301 e. The number of carbonyl (C=O) groups excluding carboxylic acids is 1. The predicted octanol–water partition coefficient (Wildman–Crippen LogP) is 4.40. The van der Waals surface area contributed by atoms with E-state index in [2.05, 4.69) is 36.2 Å². The Hall–Kier alpha value is -1.77. The fourth-order valence-corrected chi connectivity index (χ4v) is 3.54. The van der Waals surface area contributed by atoms with Crippen LogP contribution in [0.3, 0.4) is 0 Å². The average molecular weight is 421 g/mol. The summed E-state index contributed by atoms with van der Waals surface area (Å²) < 4.78 is 1.02. The van der Waals surface area contributed by atoms with Gasteiger partial charge < -0.3 is 5.32 Å². The molecule has 0 fully saturated rings. The van der Waals surface area contributed by atoms with Crippen LogP contribution in [0.1, 0.15) is 5.69 Å². The molecule has 0 bridgehead atoms. The summed E-state index contributed by atoms with van der Waals surface area (Å²) in [5, 5.41) is 5.92. The van der Waals surface area contributed by atoms with Crippen molar-refractivity contribution in [2.45, 2.75) is 12.1 Å².